The summed E-state index contributed by atoms with van der Waals surface area (Å²) < 4.78 is 20.8. The third kappa shape index (κ3) is 5.52. The fourth-order valence-electron chi connectivity index (χ4n) is 3.83. The minimum Gasteiger partial charge on any atom is -0.497 e. The van der Waals surface area contributed by atoms with Crippen LogP contribution in [-0.4, -0.2) is 44.4 Å². The van der Waals surface area contributed by atoms with Crippen LogP contribution >= 0.6 is 0 Å². The van der Waals surface area contributed by atoms with Gasteiger partial charge in [0.25, 0.3) is 0 Å². The van der Waals surface area contributed by atoms with Gasteiger partial charge in [0.2, 0.25) is 0 Å². The zero-order valence-corrected chi connectivity index (χ0v) is 18.8. The van der Waals surface area contributed by atoms with Crippen LogP contribution in [0, 0.1) is 0 Å². The van der Waals surface area contributed by atoms with Gasteiger partial charge in [0.1, 0.15) is 12.4 Å². The van der Waals surface area contributed by atoms with Gasteiger partial charge in [-0.2, -0.15) is 0 Å². The Kier molecular flexibility index (Phi) is 7.71. The number of hydrogen-bond donors (Lipinski definition) is 1. The lowest BCUT2D eigenvalue weighted by Gasteiger charge is -2.26. The monoisotopic (exact) mass is 453 g/mol. The Balaban J connectivity index is 1.91. The van der Waals surface area contributed by atoms with E-state index in [1.807, 2.05) is 36.4 Å². The zero-order chi connectivity index (χ0) is 23.8. The van der Waals surface area contributed by atoms with Crippen molar-refractivity contribution in [3.8, 4) is 5.75 Å². The zero-order valence-electron chi connectivity index (χ0n) is 18.8. The summed E-state index contributed by atoms with van der Waals surface area (Å²) in [5.74, 6) is -1.23. The third-order valence-corrected chi connectivity index (χ3v) is 5.40. The van der Waals surface area contributed by atoms with Crippen LogP contribution in [0.25, 0.3) is 0 Å². The second-order valence-corrected chi connectivity index (χ2v) is 7.50. The Bertz CT molecular complexity index is 1030. The van der Waals surface area contributed by atoms with Crippen molar-refractivity contribution >= 4 is 18.0 Å². The highest BCUT2D eigenvalue weighted by Crippen LogP contribution is 2.42. The lowest BCUT2D eigenvalue weighted by Crippen LogP contribution is -2.53. The first-order chi connectivity index (χ1) is 15.9. The van der Waals surface area contributed by atoms with Crippen molar-refractivity contribution in [3.63, 3.8) is 0 Å². The molecule has 2 atom stereocenters. The Morgan fingerprint density at radius 3 is 2.45 bits per heavy atom. The number of benzene rings is 2. The highest BCUT2D eigenvalue weighted by Gasteiger charge is 2.50. The standard InChI is InChI=1S/C25H27NO7/c1-4-32-22(27)21-15-25(23(28)31-3,14-20(21)18-11-8-12-19(13-18)30-2)26-24(29)33-16-17-9-6-5-7-10-17/h5-13,15,20H,4,14,16H2,1-3H3,(H,26,29)/t20-,25-/m0/s1. The molecule has 2 aromatic carbocycles. The van der Waals surface area contributed by atoms with Gasteiger partial charge in [0.05, 0.1) is 20.8 Å². The van der Waals surface area contributed by atoms with E-state index in [1.54, 1.807) is 32.2 Å². The number of nitrogens with one attached hydrogen (secondary N) is 1. The lowest BCUT2D eigenvalue weighted by molar-refractivity contribution is -0.146. The first kappa shape index (κ1) is 23.8. The molecule has 0 saturated heterocycles. The summed E-state index contributed by atoms with van der Waals surface area (Å²) in [6.45, 7) is 1.89. The van der Waals surface area contributed by atoms with Gasteiger partial charge < -0.3 is 24.3 Å². The molecule has 1 N–H and O–H groups in total. The molecule has 0 aromatic heterocycles. The molecule has 0 saturated carbocycles. The van der Waals surface area contributed by atoms with Gasteiger partial charge in [0, 0.05) is 11.5 Å². The summed E-state index contributed by atoms with van der Waals surface area (Å²) >= 11 is 0. The quantitative estimate of drug-likeness (QED) is 0.482. The van der Waals surface area contributed by atoms with E-state index in [4.69, 9.17) is 18.9 Å². The van der Waals surface area contributed by atoms with Crippen molar-refractivity contribution in [2.75, 3.05) is 20.8 Å². The molecule has 1 amide bonds. The van der Waals surface area contributed by atoms with Crippen LogP contribution in [-0.2, 0) is 30.4 Å². The van der Waals surface area contributed by atoms with Gasteiger partial charge >= 0.3 is 18.0 Å². The minimum absolute atomic E-state index is 0.0255. The fraction of sp³-hybridized carbons (Fsp3) is 0.320. The molecule has 0 spiro atoms. The maximum atomic E-state index is 12.9. The van der Waals surface area contributed by atoms with Gasteiger partial charge in [-0.1, -0.05) is 42.5 Å². The first-order valence-electron chi connectivity index (χ1n) is 10.5. The van der Waals surface area contributed by atoms with Crippen LogP contribution in [0.4, 0.5) is 4.79 Å². The molecular weight excluding hydrogens is 426 g/mol. The van der Waals surface area contributed by atoms with Crippen LogP contribution in [0.15, 0.2) is 66.2 Å². The SMILES string of the molecule is CCOC(=O)C1=C[C@](NC(=O)OCc2ccccc2)(C(=O)OC)C[C@H]1c1cccc(OC)c1. The van der Waals surface area contributed by atoms with Crippen molar-refractivity contribution < 1.29 is 33.3 Å². The van der Waals surface area contributed by atoms with E-state index in [0.29, 0.717) is 5.75 Å². The Morgan fingerprint density at radius 1 is 1.03 bits per heavy atom. The lowest BCUT2D eigenvalue weighted by atomic mass is 9.88. The third-order valence-electron chi connectivity index (χ3n) is 5.40. The highest BCUT2D eigenvalue weighted by molar-refractivity contribution is 5.97. The summed E-state index contributed by atoms with van der Waals surface area (Å²) in [7, 11) is 2.76. The number of amides is 1. The maximum absolute atomic E-state index is 12.9. The van der Waals surface area contributed by atoms with Crippen molar-refractivity contribution in [2.45, 2.75) is 31.4 Å². The van der Waals surface area contributed by atoms with E-state index in [-0.39, 0.29) is 25.2 Å². The van der Waals surface area contributed by atoms with Crippen LogP contribution in [0.2, 0.25) is 0 Å². The van der Waals surface area contributed by atoms with E-state index in [1.165, 1.54) is 13.2 Å². The summed E-state index contributed by atoms with van der Waals surface area (Å²) in [6.07, 6.45) is 0.654. The summed E-state index contributed by atoms with van der Waals surface area (Å²) in [6, 6.07) is 16.3. The molecule has 0 heterocycles. The summed E-state index contributed by atoms with van der Waals surface area (Å²) in [4.78, 5) is 38.3. The second-order valence-electron chi connectivity index (χ2n) is 7.50. The van der Waals surface area contributed by atoms with E-state index < -0.39 is 29.5 Å². The average Bonchev–Trinajstić information content (AvgIpc) is 3.24. The topological polar surface area (TPSA) is 100 Å². The van der Waals surface area contributed by atoms with Crippen molar-refractivity contribution in [1.82, 2.24) is 5.32 Å². The number of hydrogen-bond acceptors (Lipinski definition) is 7. The molecule has 8 nitrogen and oxygen atoms in total. The first-order valence-corrected chi connectivity index (χ1v) is 10.5. The van der Waals surface area contributed by atoms with Crippen molar-refractivity contribution in [3.05, 3.63) is 77.4 Å². The molecule has 0 fully saturated rings. The fourth-order valence-corrected chi connectivity index (χ4v) is 3.83. The number of esters is 2. The smallest absolute Gasteiger partial charge is 0.408 e. The molecule has 33 heavy (non-hydrogen) atoms. The number of alkyl carbamates (subject to hydrolysis) is 1. The van der Waals surface area contributed by atoms with Crippen molar-refractivity contribution in [2.24, 2.45) is 0 Å². The summed E-state index contributed by atoms with van der Waals surface area (Å²) in [5, 5.41) is 2.62. The molecule has 0 bridgehead atoms. The van der Waals surface area contributed by atoms with Gasteiger partial charge in [-0.3, -0.25) is 0 Å². The van der Waals surface area contributed by atoms with Crippen LogP contribution in [0.3, 0.4) is 0 Å². The largest absolute Gasteiger partial charge is 0.497 e. The van der Waals surface area contributed by atoms with Crippen LogP contribution in [0.5, 0.6) is 5.75 Å². The van der Waals surface area contributed by atoms with E-state index in [0.717, 1.165) is 11.1 Å². The second kappa shape index (κ2) is 10.7. The molecular formula is C25H27NO7. The normalized spacial score (nSPS) is 19.2. The molecule has 2 aromatic rings. The average molecular weight is 453 g/mol. The van der Waals surface area contributed by atoms with Crippen molar-refractivity contribution in [1.29, 1.82) is 0 Å². The van der Waals surface area contributed by atoms with E-state index >= 15 is 0 Å². The van der Waals surface area contributed by atoms with E-state index in [2.05, 4.69) is 5.32 Å². The van der Waals surface area contributed by atoms with Crippen LogP contribution < -0.4 is 10.1 Å². The predicted octanol–water partition coefficient (Wildman–Crippen LogP) is 3.51. The molecule has 0 unspecified atom stereocenters. The molecule has 3 rings (SSSR count). The number of rotatable bonds is 8. The van der Waals surface area contributed by atoms with Gasteiger partial charge in [-0.15, -0.1) is 0 Å². The number of carbonyl (C=O) groups excluding carboxylic acids is 3. The number of carbonyl (C=O) groups is 3. The maximum Gasteiger partial charge on any atom is 0.408 e. The highest BCUT2D eigenvalue weighted by atomic mass is 16.6. The number of ether oxygens (including phenoxy) is 4. The molecule has 8 heteroatoms. The van der Waals surface area contributed by atoms with Crippen LogP contribution in [0.1, 0.15) is 30.4 Å². The molecule has 1 aliphatic rings. The summed E-state index contributed by atoms with van der Waals surface area (Å²) in [5.41, 5.74) is 0.180. The van der Waals surface area contributed by atoms with Gasteiger partial charge in [-0.05, 0) is 42.7 Å². The van der Waals surface area contributed by atoms with E-state index in [9.17, 15) is 14.4 Å². The predicted molar refractivity (Wildman–Crippen MR) is 120 cm³/mol. The minimum atomic E-state index is -1.60. The molecule has 1 aliphatic carbocycles. The number of methoxy groups -OCH3 is 2. The Morgan fingerprint density at radius 2 is 1.79 bits per heavy atom. The Labute approximate surface area is 192 Å². The Hall–Kier alpha value is -3.81. The molecule has 0 aliphatic heterocycles. The molecule has 174 valence electrons. The molecule has 0 radical (unpaired) electrons. The van der Waals surface area contributed by atoms with Gasteiger partial charge in [-0.25, -0.2) is 14.4 Å². The van der Waals surface area contributed by atoms with Gasteiger partial charge in [0.15, 0.2) is 5.54 Å².